The van der Waals surface area contributed by atoms with E-state index in [0.29, 0.717) is 0 Å². The summed E-state index contributed by atoms with van der Waals surface area (Å²) in [5.41, 5.74) is 11.1. The number of benzene rings is 1. The number of rotatable bonds is 4. The van der Waals surface area contributed by atoms with E-state index in [2.05, 4.69) is 4.72 Å². The van der Waals surface area contributed by atoms with Gasteiger partial charge in [-0.05, 0) is 43.9 Å². The van der Waals surface area contributed by atoms with Crippen molar-refractivity contribution in [2.24, 2.45) is 11.5 Å². The summed E-state index contributed by atoms with van der Waals surface area (Å²) in [6.07, 6.45) is 3.09. The van der Waals surface area contributed by atoms with Crippen molar-refractivity contribution in [2.45, 2.75) is 42.7 Å². The average molecular weight is 297 g/mol. The smallest absolute Gasteiger partial charge is 0.248 e. The Bertz CT molecular complexity index is 593. The Kier molecular flexibility index (Phi) is 4.42. The van der Waals surface area contributed by atoms with Crippen LogP contribution in [0.4, 0.5) is 0 Å². The van der Waals surface area contributed by atoms with E-state index in [4.69, 9.17) is 11.5 Å². The molecular formula is C13H19N3O3S. The molecule has 110 valence electrons. The molecule has 0 bridgehead atoms. The van der Waals surface area contributed by atoms with Crippen LogP contribution in [0.2, 0.25) is 0 Å². The minimum atomic E-state index is -3.63. The maximum absolute atomic E-state index is 12.3. The van der Waals surface area contributed by atoms with Crippen LogP contribution >= 0.6 is 0 Å². The predicted molar refractivity (Wildman–Crippen MR) is 75.5 cm³/mol. The van der Waals surface area contributed by atoms with Crippen LogP contribution < -0.4 is 16.2 Å². The second-order valence-electron chi connectivity index (χ2n) is 5.13. The van der Waals surface area contributed by atoms with Crippen molar-refractivity contribution in [2.75, 3.05) is 0 Å². The quantitative estimate of drug-likeness (QED) is 0.743. The van der Waals surface area contributed by atoms with Crippen molar-refractivity contribution in [1.82, 2.24) is 4.72 Å². The third-order valence-electron chi connectivity index (χ3n) is 3.52. The van der Waals surface area contributed by atoms with Crippen molar-refractivity contribution in [3.63, 3.8) is 0 Å². The van der Waals surface area contributed by atoms with E-state index >= 15 is 0 Å². The lowest BCUT2D eigenvalue weighted by Crippen LogP contribution is -2.40. The molecule has 0 radical (unpaired) electrons. The van der Waals surface area contributed by atoms with Crippen molar-refractivity contribution >= 4 is 15.9 Å². The molecule has 5 N–H and O–H groups in total. The Morgan fingerprint density at radius 3 is 2.45 bits per heavy atom. The summed E-state index contributed by atoms with van der Waals surface area (Å²) in [5, 5.41) is 0. The van der Waals surface area contributed by atoms with E-state index < -0.39 is 15.9 Å². The van der Waals surface area contributed by atoms with E-state index in [-0.39, 0.29) is 22.5 Å². The van der Waals surface area contributed by atoms with Gasteiger partial charge < -0.3 is 11.5 Å². The fourth-order valence-corrected chi connectivity index (χ4v) is 3.69. The molecule has 20 heavy (non-hydrogen) atoms. The van der Waals surface area contributed by atoms with Gasteiger partial charge in [-0.3, -0.25) is 4.79 Å². The predicted octanol–water partition coefficient (Wildman–Crippen LogP) is 0.334. The molecular weight excluding hydrogens is 278 g/mol. The third kappa shape index (κ3) is 3.56. The molecule has 1 aliphatic carbocycles. The molecule has 2 rings (SSSR count). The van der Waals surface area contributed by atoms with Crippen LogP contribution in [0.15, 0.2) is 29.2 Å². The summed E-state index contributed by atoms with van der Waals surface area (Å²) in [4.78, 5) is 11.2. The summed E-state index contributed by atoms with van der Waals surface area (Å²) >= 11 is 0. The summed E-state index contributed by atoms with van der Waals surface area (Å²) < 4.78 is 27.2. The molecule has 1 aromatic rings. The van der Waals surface area contributed by atoms with Crippen LogP contribution in [0.25, 0.3) is 0 Å². The number of amides is 1. The lowest BCUT2D eigenvalue weighted by Gasteiger charge is -2.26. The molecule has 0 aromatic heterocycles. The average Bonchev–Trinajstić information content (AvgIpc) is 2.41. The molecule has 6 nitrogen and oxygen atoms in total. The molecule has 1 fully saturated rings. The van der Waals surface area contributed by atoms with Crippen molar-refractivity contribution in [1.29, 1.82) is 0 Å². The van der Waals surface area contributed by atoms with E-state index in [1.54, 1.807) is 0 Å². The summed E-state index contributed by atoms with van der Waals surface area (Å²) in [5.74, 6) is -0.648. The normalized spacial score (nSPS) is 23.4. The van der Waals surface area contributed by atoms with E-state index in [1.807, 2.05) is 0 Å². The SMILES string of the molecule is NC(=O)c1cccc(S(=O)(=O)NC2CCC(N)CC2)c1. The molecule has 1 amide bonds. The summed E-state index contributed by atoms with van der Waals surface area (Å²) in [6, 6.07) is 5.79. The summed E-state index contributed by atoms with van der Waals surface area (Å²) in [7, 11) is -3.63. The van der Waals surface area contributed by atoms with Crippen molar-refractivity contribution in [3.05, 3.63) is 29.8 Å². The highest BCUT2D eigenvalue weighted by Crippen LogP contribution is 2.20. The number of nitrogens with two attached hydrogens (primary N) is 2. The molecule has 0 unspecified atom stereocenters. The van der Waals surface area contributed by atoms with E-state index in [9.17, 15) is 13.2 Å². The van der Waals surface area contributed by atoms with Crippen LogP contribution in [0.1, 0.15) is 36.0 Å². The van der Waals surface area contributed by atoms with Crippen molar-refractivity contribution in [3.8, 4) is 0 Å². The molecule has 1 aromatic carbocycles. The van der Waals surface area contributed by atoms with Gasteiger partial charge in [0, 0.05) is 17.6 Å². The molecule has 1 saturated carbocycles. The van der Waals surface area contributed by atoms with Crippen LogP contribution in [0, 0.1) is 0 Å². The van der Waals surface area contributed by atoms with Gasteiger partial charge in [-0.15, -0.1) is 0 Å². The van der Waals surface area contributed by atoms with E-state index in [1.165, 1.54) is 24.3 Å². The van der Waals surface area contributed by atoms with Gasteiger partial charge in [-0.2, -0.15) is 0 Å². The van der Waals surface area contributed by atoms with Crippen molar-refractivity contribution < 1.29 is 13.2 Å². The minimum absolute atomic E-state index is 0.0590. The highest BCUT2D eigenvalue weighted by atomic mass is 32.2. The first-order chi connectivity index (χ1) is 9.38. The zero-order valence-corrected chi connectivity index (χ0v) is 11.9. The number of hydrogen-bond donors (Lipinski definition) is 3. The largest absolute Gasteiger partial charge is 0.366 e. The second-order valence-corrected chi connectivity index (χ2v) is 6.84. The number of carbonyl (C=O) groups excluding carboxylic acids is 1. The van der Waals surface area contributed by atoms with Gasteiger partial charge in [0.2, 0.25) is 15.9 Å². The second kappa shape index (κ2) is 5.90. The molecule has 1 aliphatic rings. The zero-order chi connectivity index (χ0) is 14.8. The van der Waals surface area contributed by atoms with Gasteiger partial charge in [0.25, 0.3) is 0 Å². The summed E-state index contributed by atoms with van der Waals surface area (Å²) in [6.45, 7) is 0. The Morgan fingerprint density at radius 2 is 1.85 bits per heavy atom. The number of primary amides is 1. The first-order valence-corrected chi connectivity index (χ1v) is 8.04. The lowest BCUT2D eigenvalue weighted by molar-refractivity contribution is 0.1000. The first kappa shape index (κ1) is 15.0. The first-order valence-electron chi connectivity index (χ1n) is 6.56. The van der Waals surface area contributed by atoms with Crippen LogP contribution in [0.5, 0.6) is 0 Å². The molecule has 0 spiro atoms. The molecule has 0 aliphatic heterocycles. The topological polar surface area (TPSA) is 115 Å². The fourth-order valence-electron chi connectivity index (χ4n) is 2.34. The van der Waals surface area contributed by atoms with Gasteiger partial charge in [0.15, 0.2) is 0 Å². The van der Waals surface area contributed by atoms with Crippen LogP contribution in [-0.4, -0.2) is 26.4 Å². The third-order valence-corrected chi connectivity index (χ3v) is 5.04. The maximum atomic E-state index is 12.3. The van der Waals surface area contributed by atoms with Gasteiger partial charge in [0.05, 0.1) is 4.90 Å². The number of nitrogens with one attached hydrogen (secondary N) is 1. The Balaban J connectivity index is 2.14. The van der Waals surface area contributed by atoms with Gasteiger partial charge >= 0.3 is 0 Å². The molecule has 0 saturated heterocycles. The fraction of sp³-hybridized carbons (Fsp3) is 0.462. The highest BCUT2D eigenvalue weighted by Gasteiger charge is 2.24. The Hall–Kier alpha value is -1.44. The lowest BCUT2D eigenvalue weighted by atomic mass is 9.93. The Morgan fingerprint density at radius 1 is 1.20 bits per heavy atom. The van der Waals surface area contributed by atoms with Crippen LogP contribution in [-0.2, 0) is 10.0 Å². The monoisotopic (exact) mass is 297 g/mol. The van der Waals surface area contributed by atoms with Gasteiger partial charge in [0.1, 0.15) is 0 Å². The molecule has 0 heterocycles. The molecule has 7 heteroatoms. The highest BCUT2D eigenvalue weighted by molar-refractivity contribution is 7.89. The van der Waals surface area contributed by atoms with E-state index in [0.717, 1.165) is 25.7 Å². The minimum Gasteiger partial charge on any atom is -0.366 e. The number of sulfonamides is 1. The molecule has 0 atom stereocenters. The van der Waals surface area contributed by atoms with Crippen LogP contribution in [0.3, 0.4) is 0 Å². The number of hydrogen-bond acceptors (Lipinski definition) is 4. The maximum Gasteiger partial charge on any atom is 0.248 e. The van der Waals surface area contributed by atoms with Gasteiger partial charge in [-0.25, -0.2) is 13.1 Å². The van der Waals surface area contributed by atoms with Gasteiger partial charge in [-0.1, -0.05) is 6.07 Å². The Labute approximate surface area is 118 Å². The standard InChI is InChI=1S/C13H19N3O3S/c14-10-4-6-11(7-5-10)16-20(18,19)12-3-1-2-9(8-12)13(15)17/h1-3,8,10-11,16H,4-7,14H2,(H2,15,17). The zero-order valence-electron chi connectivity index (χ0n) is 11.1. The number of carbonyl (C=O) groups is 1.